The Labute approximate surface area is 126 Å². The van der Waals surface area contributed by atoms with E-state index in [-0.39, 0.29) is 11.3 Å². The molecule has 2 aromatic carbocycles. The quantitative estimate of drug-likeness (QED) is 0.650. The number of rotatable bonds is 5. The summed E-state index contributed by atoms with van der Waals surface area (Å²) in [4.78, 5) is 22.5. The number of allylic oxidation sites excluding steroid dienone is 1. The van der Waals surface area contributed by atoms with E-state index < -0.39 is 5.97 Å². The maximum Gasteiger partial charge on any atom is 0.335 e. The Bertz CT molecular complexity index is 676. The van der Waals surface area contributed by atoms with Gasteiger partial charge in [-0.2, -0.15) is 0 Å². The highest BCUT2D eigenvalue weighted by atomic mass is 35.5. The number of aromatic carboxylic acids is 1. The van der Waals surface area contributed by atoms with E-state index in [2.05, 4.69) is 5.32 Å². The highest BCUT2D eigenvalue weighted by molar-refractivity contribution is 6.30. The van der Waals surface area contributed by atoms with Crippen molar-refractivity contribution >= 4 is 29.0 Å². The van der Waals surface area contributed by atoms with Gasteiger partial charge in [-0.1, -0.05) is 11.6 Å². The van der Waals surface area contributed by atoms with Crippen molar-refractivity contribution in [2.24, 2.45) is 0 Å². The molecule has 0 unspecified atom stereocenters. The van der Waals surface area contributed by atoms with E-state index in [0.717, 1.165) is 0 Å². The molecule has 0 heterocycles. The van der Waals surface area contributed by atoms with Gasteiger partial charge in [0.2, 0.25) is 0 Å². The van der Waals surface area contributed by atoms with E-state index >= 15 is 0 Å². The number of hydrogen-bond donors (Lipinski definition) is 2. The van der Waals surface area contributed by atoms with Crippen LogP contribution in [0.25, 0.3) is 0 Å². The van der Waals surface area contributed by atoms with Gasteiger partial charge >= 0.3 is 5.97 Å². The van der Waals surface area contributed by atoms with Crippen LogP contribution in [0.15, 0.2) is 60.8 Å². The molecule has 106 valence electrons. The lowest BCUT2D eigenvalue weighted by Crippen LogP contribution is -1.97. The van der Waals surface area contributed by atoms with Gasteiger partial charge in [-0.15, -0.1) is 0 Å². The van der Waals surface area contributed by atoms with Crippen LogP contribution in [0.2, 0.25) is 5.02 Å². The van der Waals surface area contributed by atoms with Gasteiger partial charge in [0.25, 0.3) is 0 Å². The Balaban J connectivity index is 1.97. The van der Waals surface area contributed by atoms with E-state index in [1.54, 1.807) is 36.4 Å². The fourth-order valence-corrected chi connectivity index (χ4v) is 1.76. The average Bonchev–Trinajstić information content (AvgIpc) is 2.48. The smallest absolute Gasteiger partial charge is 0.335 e. The molecule has 0 saturated carbocycles. The van der Waals surface area contributed by atoms with Crippen molar-refractivity contribution in [1.82, 2.24) is 0 Å². The molecule has 2 N–H and O–H groups in total. The molecule has 4 nitrogen and oxygen atoms in total. The number of carbonyl (C=O) groups is 2. The average molecular weight is 302 g/mol. The summed E-state index contributed by atoms with van der Waals surface area (Å²) in [6.07, 6.45) is 2.90. The fourth-order valence-electron chi connectivity index (χ4n) is 1.63. The predicted octanol–water partition coefficient (Wildman–Crippen LogP) is 3.85. The topological polar surface area (TPSA) is 66.4 Å². The summed E-state index contributed by atoms with van der Waals surface area (Å²) < 4.78 is 0. The first kappa shape index (κ1) is 14.8. The highest BCUT2D eigenvalue weighted by Crippen LogP contribution is 2.11. The summed E-state index contributed by atoms with van der Waals surface area (Å²) in [7, 11) is 0. The molecule has 2 aromatic rings. The molecule has 0 radical (unpaired) electrons. The third-order valence-corrected chi connectivity index (χ3v) is 3.00. The molecule has 0 aromatic heterocycles. The van der Waals surface area contributed by atoms with E-state index in [1.165, 1.54) is 24.4 Å². The lowest BCUT2D eigenvalue weighted by molar-refractivity contribution is 0.0696. The summed E-state index contributed by atoms with van der Waals surface area (Å²) in [6, 6.07) is 12.8. The van der Waals surface area contributed by atoms with Gasteiger partial charge in [-0.25, -0.2) is 4.79 Å². The molecular formula is C16H12ClNO3. The molecule has 21 heavy (non-hydrogen) atoms. The van der Waals surface area contributed by atoms with Gasteiger partial charge in [0.15, 0.2) is 5.78 Å². The second-order valence-electron chi connectivity index (χ2n) is 4.23. The number of benzene rings is 2. The number of anilines is 1. The zero-order chi connectivity index (χ0) is 15.2. The molecule has 0 saturated heterocycles. The van der Waals surface area contributed by atoms with Gasteiger partial charge < -0.3 is 10.4 Å². The van der Waals surface area contributed by atoms with E-state index in [9.17, 15) is 9.59 Å². The Kier molecular flexibility index (Phi) is 4.74. The number of carboxylic acid groups (broad SMARTS) is 1. The maximum absolute atomic E-state index is 11.8. The van der Waals surface area contributed by atoms with Crippen molar-refractivity contribution in [3.8, 4) is 0 Å². The number of carbonyl (C=O) groups excluding carboxylic acids is 1. The molecule has 0 spiro atoms. The normalized spacial score (nSPS) is 10.5. The first-order valence-electron chi connectivity index (χ1n) is 6.12. The molecule has 0 amide bonds. The second-order valence-corrected chi connectivity index (χ2v) is 4.67. The largest absolute Gasteiger partial charge is 0.478 e. The molecule has 0 fully saturated rings. The monoisotopic (exact) mass is 301 g/mol. The number of carboxylic acids is 1. The third kappa shape index (κ3) is 4.19. The van der Waals surface area contributed by atoms with Crippen LogP contribution in [0.4, 0.5) is 5.69 Å². The molecule has 0 atom stereocenters. The Hall–Kier alpha value is -2.59. The van der Waals surface area contributed by atoms with E-state index in [4.69, 9.17) is 16.7 Å². The molecule has 5 heteroatoms. The fraction of sp³-hybridized carbons (Fsp3) is 0. The van der Waals surface area contributed by atoms with Crippen molar-refractivity contribution in [3.05, 3.63) is 77.0 Å². The molecule has 0 aliphatic carbocycles. The van der Waals surface area contributed by atoms with Gasteiger partial charge in [0, 0.05) is 28.5 Å². The van der Waals surface area contributed by atoms with Crippen LogP contribution in [0.1, 0.15) is 20.7 Å². The molecule has 0 aliphatic rings. The number of hydrogen-bond acceptors (Lipinski definition) is 3. The molecule has 0 aliphatic heterocycles. The highest BCUT2D eigenvalue weighted by Gasteiger charge is 2.02. The van der Waals surface area contributed by atoms with Crippen LogP contribution in [0, 0.1) is 0 Å². The van der Waals surface area contributed by atoms with Crippen LogP contribution in [-0.4, -0.2) is 16.9 Å². The lowest BCUT2D eigenvalue weighted by Gasteiger charge is -2.01. The summed E-state index contributed by atoms with van der Waals surface area (Å²) in [6.45, 7) is 0. The van der Waals surface area contributed by atoms with E-state index in [1.807, 2.05) is 0 Å². The van der Waals surface area contributed by atoms with Crippen molar-refractivity contribution in [2.75, 3.05) is 5.32 Å². The summed E-state index contributed by atoms with van der Waals surface area (Å²) in [5, 5.41) is 12.3. The van der Waals surface area contributed by atoms with Gasteiger partial charge in [-0.05, 0) is 48.5 Å². The van der Waals surface area contributed by atoms with Gasteiger partial charge in [-0.3, -0.25) is 4.79 Å². The zero-order valence-corrected chi connectivity index (χ0v) is 11.7. The summed E-state index contributed by atoms with van der Waals surface area (Å²) in [5.74, 6) is -1.13. The molecular weight excluding hydrogens is 290 g/mol. The standard InChI is InChI=1S/C16H12ClNO3/c17-13-5-1-11(2-6-13)15(19)9-10-18-14-7-3-12(4-8-14)16(20)21/h1-10,18H,(H,20,21)/b10-9-. The van der Waals surface area contributed by atoms with Crippen molar-refractivity contribution < 1.29 is 14.7 Å². The Morgan fingerprint density at radius 2 is 1.52 bits per heavy atom. The van der Waals surface area contributed by atoms with Crippen molar-refractivity contribution in [1.29, 1.82) is 0 Å². The number of halogens is 1. The van der Waals surface area contributed by atoms with E-state index in [0.29, 0.717) is 16.3 Å². The third-order valence-electron chi connectivity index (χ3n) is 2.75. The summed E-state index contributed by atoms with van der Waals surface area (Å²) >= 11 is 5.75. The summed E-state index contributed by atoms with van der Waals surface area (Å²) in [5.41, 5.74) is 1.45. The Morgan fingerprint density at radius 1 is 0.952 bits per heavy atom. The maximum atomic E-state index is 11.8. The first-order chi connectivity index (χ1) is 10.1. The predicted molar refractivity (Wildman–Crippen MR) is 81.9 cm³/mol. The SMILES string of the molecule is O=C(O)c1ccc(N/C=C\C(=O)c2ccc(Cl)cc2)cc1. The van der Waals surface area contributed by atoms with Crippen LogP contribution in [0.3, 0.4) is 0 Å². The number of nitrogens with one attached hydrogen (secondary N) is 1. The second kappa shape index (κ2) is 6.72. The van der Waals surface area contributed by atoms with Gasteiger partial charge in [0.1, 0.15) is 0 Å². The van der Waals surface area contributed by atoms with Crippen molar-refractivity contribution in [3.63, 3.8) is 0 Å². The lowest BCUT2D eigenvalue weighted by atomic mass is 10.1. The van der Waals surface area contributed by atoms with Crippen LogP contribution < -0.4 is 5.32 Å². The van der Waals surface area contributed by atoms with Crippen molar-refractivity contribution in [2.45, 2.75) is 0 Å². The Morgan fingerprint density at radius 3 is 2.10 bits per heavy atom. The van der Waals surface area contributed by atoms with Crippen LogP contribution >= 0.6 is 11.6 Å². The zero-order valence-electron chi connectivity index (χ0n) is 10.9. The molecule has 0 bridgehead atoms. The van der Waals surface area contributed by atoms with Crippen LogP contribution in [-0.2, 0) is 0 Å². The minimum absolute atomic E-state index is 0.152. The minimum atomic E-state index is -0.977. The first-order valence-corrected chi connectivity index (χ1v) is 6.50. The van der Waals surface area contributed by atoms with Gasteiger partial charge in [0.05, 0.1) is 5.56 Å². The number of ketones is 1. The van der Waals surface area contributed by atoms with Crippen LogP contribution in [0.5, 0.6) is 0 Å². The molecule has 2 rings (SSSR count). The minimum Gasteiger partial charge on any atom is -0.478 e.